The minimum atomic E-state index is -2.49. The van der Waals surface area contributed by atoms with Crippen LogP contribution in [0.25, 0.3) is 0 Å². The minimum absolute atomic E-state index is 0.343. The Morgan fingerprint density at radius 1 is 0.514 bits per heavy atom. The van der Waals surface area contributed by atoms with Crippen LogP contribution < -0.4 is 0 Å². The van der Waals surface area contributed by atoms with Gasteiger partial charge < -0.3 is 0 Å². The van der Waals surface area contributed by atoms with Crippen molar-refractivity contribution in [3.8, 4) is 0 Å². The molecule has 0 amide bonds. The van der Waals surface area contributed by atoms with Gasteiger partial charge in [0.25, 0.3) is 0 Å². The van der Waals surface area contributed by atoms with Crippen molar-refractivity contribution in [3.05, 3.63) is 11.9 Å². The van der Waals surface area contributed by atoms with Crippen LogP contribution in [-0.4, -0.2) is 17.2 Å². The fraction of sp³-hybridized carbons (Fsp3) is 0.875. The van der Waals surface area contributed by atoms with Crippen LogP contribution in [0.5, 0.6) is 0 Å². The van der Waals surface area contributed by atoms with E-state index in [-0.39, 0.29) is 0 Å². The van der Waals surface area contributed by atoms with Crippen molar-refractivity contribution in [2.75, 3.05) is 6.16 Å². The Morgan fingerprint density at radius 3 is 1.11 bits per heavy atom. The third-order valence-corrected chi connectivity index (χ3v) is 12.5. The molecule has 0 aliphatic carbocycles. The summed E-state index contributed by atoms with van der Waals surface area (Å²) in [4.78, 5) is 26.3. The Labute approximate surface area is 220 Å². The zero-order valence-corrected chi connectivity index (χ0v) is 24.9. The monoisotopic (exact) mass is 508 g/mol. The van der Waals surface area contributed by atoms with Crippen LogP contribution in [0.2, 0.25) is 0 Å². The average Bonchev–Trinajstić information content (AvgIpc) is 3.37. The molecule has 3 heteroatoms. The molecule has 1 rings (SSSR count). The number of allylic oxidation sites excluding steroid dienone is 1. The molecule has 206 valence electrons. The summed E-state index contributed by atoms with van der Waals surface area (Å²) in [6.07, 6.45) is 33.9. The van der Waals surface area contributed by atoms with Crippen LogP contribution in [0, 0.1) is 0 Å². The van der Waals surface area contributed by atoms with Gasteiger partial charge in [0.1, 0.15) is 0 Å². The number of hydrogen-bond acceptors (Lipinski definition) is 2. The van der Waals surface area contributed by atoms with Gasteiger partial charge in [-0.05, 0) is 0 Å². The van der Waals surface area contributed by atoms with Crippen LogP contribution in [0.15, 0.2) is 11.9 Å². The molecule has 1 aliphatic rings. The van der Waals surface area contributed by atoms with Gasteiger partial charge in [-0.2, -0.15) is 0 Å². The van der Waals surface area contributed by atoms with Crippen LogP contribution in [0.4, 0.5) is 0 Å². The Bertz CT molecular complexity index is 516. The summed E-state index contributed by atoms with van der Waals surface area (Å²) in [5.74, 6) is 2.11. The zero-order valence-electron chi connectivity index (χ0n) is 23.9. The van der Waals surface area contributed by atoms with E-state index in [1.54, 1.807) is 0 Å². The first kappa shape index (κ1) is 32.5. The standard InChI is InChI=1S/C32H61O2P/c1-3-5-7-9-11-13-15-17-19-21-23-27-31(33)35(29-25-26-30-35)32(34)28-24-22-20-18-16-14-12-10-8-6-4-2/h25,29,35H,3-24,26-28,30H2,1-2H3. The second kappa shape index (κ2) is 22.7. The van der Waals surface area contributed by atoms with Gasteiger partial charge in [-0.3, -0.25) is 0 Å². The van der Waals surface area contributed by atoms with Gasteiger partial charge in [0.05, 0.1) is 0 Å². The molecule has 0 aromatic carbocycles. The molecule has 1 aliphatic heterocycles. The molecule has 0 radical (unpaired) electrons. The second-order valence-corrected chi connectivity index (χ2v) is 15.2. The van der Waals surface area contributed by atoms with Gasteiger partial charge in [0, 0.05) is 0 Å². The summed E-state index contributed by atoms with van der Waals surface area (Å²) >= 11 is 0. The van der Waals surface area contributed by atoms with E-state index in [2.05, 4.69) is 25.7 Å². The first-order valence-electron chi connectivity index (χ1n) is 15.9. The van der Waals surface area contributed by atoms with Crippen molar-refractivity contribution in [3.63, 3.8) is 0 Å². The molecule has 0 aromatic heterocycles. The van der Waals surface area contributed by atoms with E-state index >= 15 is 0 Å². The first-order chi connectivity index (χ1) is 17.2. The maximum absolute atomic E-state index is 13.2. The summed E-state index contributed by atoms with van der Waals surface area (Å²) in [5.41, 5.74) is 0.686. The molecule has 0 saturated carbocycles. The molecular weight excluding hydrogens is 447 g/mol. The van der Waals surface area contributed by atoms with E-state index in [4.69, 9.17) is 0 Å². The van der Waals surface area contributed by atoms with Gasteiger partial charge in [-0.1, -0.05) is 26.7 Å². The van der Waals surface area contributed by atoms with Gasteiger partial charge in [-0.15, -0.1) is 0 Å². The Hall–Kier alpha value is -0.490. The normalized spacial score (nSPS) is 15.5. The van der Waals surface area contributed by atoms with Crippen LogP contribution in [-0.2, 0) is 9.59 Å². The van der Waals surface area contributed by atoms with Gasteiger partial charge in [0.15, 0.2) is 0 Å². The Morgan fingerprint density at radius 2 is 0.829 bits per heavy atom. The topological polar surface area (TPSA) is 34.1 Å². The van der Waals surface area contributed by atoms with E-state index in [0.717, 1.165) is 38.3 Å². The fourth-order valence-electron chi connectivity index (χ4n) is 5.64. The molecule has 0 unspecified atom stereocenters. The van der Waals surface area contributed by atoms with E-state index in [0.29, 0.717) is 23.9 Å². The predicted molar refractivity (Wildman–Crippen MR) is 159 cm³/mol. The zero-order chi connectivity index (χ0) is 25.5. The van der Waals surface area contributed by atoms with Crippen LogP contribution in [0.1, 0.15) is 174 Å². The van der Waals surface area contributed by atoms with Crippen molar-refractivity contribution in [2.24, 2.45) is 0 Å². The van der Waals surface area contributed by atoms with Crippen molar-refractivity contribution in [1.29, 1.82) is 0 Å². The van der Waals surface area contributed by atoms with E-state index in [1.165, 1.54) is 116 Å². The van der Waals surface area contributed by atoms with Crippen molar-refractivity contribution in [2.45, 2.75) is 174 Å². The van der Waals surface area contributed by atoms with E-state index < -0.39 is 7.26 Å². The SMILES string of the molecule is CCCCCCCCCCCCCC(=O)[PH]1(C(=O)CCCCCCCCCCCCC)C=CCC1. The second-order valence-electron chi connectivity index (χ2n) is 11.3. The molecule has 0 aromatic rings. The summed E-state index contributed by atoms with van der Waals surface area (Å²) < 4.78 is 0. The van der Waals surface area contributed by atoms with Crippen LogP contribution >= 0.6 is 7.26 Å². The summed E-state index contributed by atoms with van der Waals surface area (Å²) in [7, 11) is -2.49. The maximum atomic E-state index is 13.2. The predicted octanol–water partition coefficient (Wildman–Crippen LogP) is 11.1. The summed E-state index contributed by atoms with van der Waals surface area (Å²) in [5, 5.41) is 0. The van der Waals surface area contributed by atoms with E-state index in [1.807, 2.05) is 0 Å². The molecule has 0 N–H and O–H groups in total. The number of unbranched alkanes of at least 4 members (excludes halogenated alkanes) is 20. The summed E-state index contributed by atoms with van der Waals surface area (Å²) in [6, 6.07) is 0. The third-order valence-electron chi connectivity index (χ3n) is 8.12. The number of hydrogen-bond donors (Lipinski definition) is 0. The van der Waals surface area contributed by atoms with Gasteiger partial charge in [0.2, 0.25) is 0 Å². The number of carbonyl (C=O) groups is 2. The van der Waals surface area contributed by atoms with Crippen molar-refractivity contribution >= 4 is 18.3 Å². The van der Waals surface area contributed by atoms with Crippen molar-refractivity contribution < 1.29 is 9.59 Å². The first-order valence-corrected chi connectivity index (χ1v) is 18.2. The van der Waals surface area contributed by atoms with Gasteiger partial charge >= 0.3 is 194 Å². The molecule has 0 saturated heterocycles. The third kappa shape index (κ3) is 15.4. The molecule has 0 atom stereocenters. The Kier molecular flexibility index (Phi) is 21.1. The fourth-order valence-corrected chi connectivity index (χ4v) is 9.49. The molecule has 0 spiro atoms. The molecule has 35 heavy (non-hydrogen) atoms. The average molecular weight is 509 g/mol. The van der Waals surface area contributed by atoms with Crippen molar-refractivity contribution in [1.82, 2.24) is 0 Å². The molecule has 2 nitrogen and oxygen atoms in total. The summed E-state index contributed by atoms with van der Waals surface area (Å²) in [6.45, 7) is 4.54. The molecule has 0 bridgehead atoms. The number of rotatable bonds is 26. The van der Waals surface area contributed by atoms with E-state index in [9.17, 15) is 9.59 Å². The Balaban J connectivity index is 2.11. The van der Waals surface area contributed by atoms with Crippen LogP contribution in [0.3, 0.4) is 0 Å². The molecule has 0 fully saturated rings. The van der Waals surface area contributed by atoms with Gasteiger partial charge in [-0.25, -0.2) is 0 Å². The number of carbonyl (C=O) groups excluding carboxylic acids is 2. The molecule has 1 heterocycles. The molecular formula is C32H61O2P. The quantitative estimate of drug-likeness (QED) is 0.0860.